The van der Waals surface area contributed by atoms with E-state index in [1.54, 1.807) is 48.5 Å². The van der Waals surface area contributed by atoms with Crippen LogP contribution in [0.2, 0.25) is 0 Å². The van der Waals surface area contributed by atoms with Crippen LogP contribution in [0.15, 0.2) is 114 Å². The molecule has 0 fully saturated rings. The van der Waals surface area contributed by atoms with Crippen molar-refractivity contribution >= 4 is 21.6 Å². The molecule has 0 saturated carbocycles. The number of hydrogen-bond donors (Lipinski definition) is 1. The van der Waals surface area contributed by atoms with Crippen molar-refractivity contribution in [3.8, 4) is 0 Å². The number of anilines is 1. The van der Waals surface area contributed by atoms with Crippen molar-refractivity contribution in [2.45, 2.75) is 24.8 Å². The molecule has 0 aromatic heterocycles. The van der Waals surface area contributed by atoms with Gasteiger partial charge in [0.05, 0.1) is 16.6 Å². The Morgan fingerprint density at radius 2 is 1.34 bits per heavy atom. The number of carbonyl (C=O) groups is 1. The second kappa shape index (κ2) is 10.6. The van der Waals surface area contributed by atoms with Crippen LogP contribution in [0.4, 0.5) is 5.69 Å². The quantitative estimate of drug-likeness (QED) is 0.364. The summed E-state index contributed by atoms with van der Waals surface area (Å²) >= 11 is 0. The number of sulfonamides is 1. The number of benzene rings is 4. The fourth-order valence-corrected chi connectivity index (χ4v) is 5.36. The Kier molecular flexibility index (Phi) is 7.32. The number of amides is 1. The zero-order chi connectivity index (χ0) is 24.8. The number of rotatable bonds is 8. The van der Waals surface area contributed by atoms with E-state index < -0.39 is 22.0 Å². The average molecular weight is 485 g/mol. The number of nitrogens with one attached hydrogen (secondary N) is 1. The molecule has 6 heteroatoms. The van der Waals surface area contributed by atoms with Crippen LogP contribution >= 0.6 is 0 Å². The van der Waals surface area contributed by atoms with Crippen LogP contribution in [0.25, 0.3) is 0 Å². The Labute approximate surface area is 207 Å². The van der Waals surface area contributed by atoms with Gasteiger partial charge in [-0.15, -0.1) is 0 Å². The molecule has 35 heavy (non-hydrogen) atoms. The van der Waals surface area contributed by atoms with Gasteiger partial charge in [0.15, 0.2) is 0 Å². The molecule has 0 aliphatic carbocycles. The van der Waals surface area contributed by atoms with Crippen molar-refractivity contribution in [3.05, 3.63) is 131 Å². The van der Waals surface area contributed by atoms with Crippen LogP contribution in [0.5, 0.6) is 0 Å². The first-order valence-corrected chi connectivity index (χ1v) is 12.8. The lowest BCUT2D eigenvalue weighted by Gasteiger charge is -2.26. The van der Waals surface area contributed by atoms with Crippen LogP contribution < -0.4 is 9.62 Å². The van der Waals surface area contributed by atoms with E-state index in [9.17, 15) is 13.2 Å². The minimum absolute atomic E-state index is 0.137. The monoisotopic (exact) mass is 484 g/mol. The SMILES string of the molecule is Cc1ccc(S(=O)(=O)N(CC(=O)NC(c2ccccc2)c2cccc(C)c2)c2ccccc2)cc1. The maximum absolute atomic E-state index is 13.6. The van der Waals surface area contributed by atoms with Gasteiger partial charge in [0.1, 0.15) is 6.54 Å². The molecule has 178 valence electrons. The molecule has 1 unspecified atom stereocenters. The average Bonchev–Trinajstić information content (AvgIpc) is 2.87. The van der Waals surface area contributed by atoms with Gasteiger partial charge < -0.3 is 5.32 Å². The van der Waals surface area contributed by atoms with Crippen LogP contribution in [0.1, 0.15) is 28.3 Å². The molecule has 0 bridgehead atoms. The summed E-state index contributed by atoms with van der Waals surface area (Å²) in [5, 5.41) is 3.06. The summed E-state index contributed by atoms with van der Waals surface area (Å²) in [5.41, 5.74) is 4.30. The maximum Gasteiger partial charge on any atom is 0.264 e. The van der Waals surface area contributed by atoms with E-state index >= 15 is 0 Å². The third-order valence-electron chi connectivity index (χ3n) is 5.75. The zero-order valence-electron chi connectivity index (χ0n) is 19.8. The highest BCUT2D eigenvalue weighted by atomic mass is 32.2. The van der Waals surface area contributed by atoms with Crippen molar-refractivity contribution in [2.75, 3.05) is 10.8 Å². The van der Waals surface area contributed by atoms with Gasteiger partial charge in [-0.3, -0.25) is 9.10 Å². The summed E-state index contributed by atoms with van der Waals surface area (Å²) in [6, 6.07) is 32.5. The Morgan fingerprint density at radius 1 is 0.743 bits per heavy atom. The van der Waals surface area contributed by atoms with E-state index in [0.29, 0.717) is 5.69 Å². The predicted molar refractivity (Wildman–Crippen MR) is 140 cm³/mol. The van der Waals surface area contributed by atoms with E-state index in [4.69, 9.17) is 0 Å². The molecule has 5 nitrogen and oxygen atoms in total. The van der Waals surface area contributed by atoms with Crippen LogP contribution in [-0.2, 0) is 14.8 Å². The molecule has 0 aliphatic rings. The lowest BCUT2D eigenvalue weighted by molar-refractivity contribution is -0.120. The maximum atomic E-state index is 13.6. The molecule has 0 heterocycles. The number of para-hydroxylation sites is 1. The van der Waals surface area contributed by atoms with Crippen molar-refractivity contribution in [2.24, 2.45) is 0 Å². The zero-order valence-corrected chi connectivity index (χ0v) is 20.6. The van der Waals surface area contributed by atoms with Gasteiger partial charge in [-0.1, -0.05) is 96.1 Å². The first-order valence-electron chi connectivity index (χ1n) is 11.4. The molecule has 1 atom stereocenters. The summed E-state index contributed by atoms with van der Waals surface area (Å²) in [6.45, 7) is 3.54. The summed E-state index contributed by atoms with van der Waals surface area (Å²) < 4.78 is 28.3. The highest BCUT2D eigenvalue weighted by molar-refractivity contribution is 7.92. The standard InChI is InChI=1S/C29H28N2O3S/c1-22-16-18-27(19-17-22)35(33,34)31(26-14-7-4-8-15-26)21-28(32)30-29(24-11-5-3-6-12-24)25-13-9-10-23(2)20-25/h3-20,29H,21H2,1-2H3,(H,30,32). The highest BCUT2D eigenvalue weighted by Gasteiger charge is 2.28. The summed E-state index contributed by atoms with van der Waals surface area (Å²) in [6.07, 6.45) is 0. The van der Waals surface area contributed by atoms with Crippen LogP contribution in [-0.4, -0.2) is 20.9 Å². The van der Waals surface area contributed by atoms with E-state index in [1.807, 2.05) is 74.5 Å². The molecule has 0 radical (unpaired) electrons. The van der Waals surface area contributed by atoms with Gasteiger partial charge in [0.25, 0.3) is 10.0 Å². The molecular weight excluding hydrogens is 456 g/mol. The Morgan fingerprint density at radius 3 is 1.97 bits per heavy atom. The first kappa shape index (κ1) is 24.2. The minimum Gasteiger partial charge on any atom is -0.344 e. The number of carbonyl (C=O) groups excluding carboxylic acids is 1. The normalized spacial score (nSPS) is 12.1. The molecular formula is C29H28N2O3S. The molecule has 0 aliphatic heterocycles. The smallest absolute Gasteiger partial charge is 0.264 e. The number of nitrogens with zero attached hydrogens (tertiary/aromatic N) is 1. The fourth-order valence-electron chi connectivity index (χ4n) is 3.94. The minimum atomic E-state index is -3.97. The van der Waals surface area contributed by atoms with Gasteiger partial charge in [0.2, 0.25) is 5.91 Å². The third-order valence-corrected chi connectivity index (χ3v) is 7.54. The number of aryl methyl sites for hydroxylation is 2. The summed E-state index contributed by atoms with van der Waals surface area (Å²) in [4.78, 5) is 13.5. The predicted octanol–water partition coefficient (Wildman–Crippen LogP) is 5.40. The van der Waals surface area contributed by atoms with Gasteiger partial charge >= 0.3 is 0 Å². The molecule has 1 N–H and O–H groups in total. The molecule has 4 aromatic rings. The van der Waals surface area contributed by atoms with Gasteiger partial charge in [-0.2, -0.15) is 0 Å². The molecule has 0 spiro atoms. The van der Waals surface area contributed by atoms with Crippen LogP contribution in [0, 0.1) is 13.8 Å². The first-order chi connectivity index (χ1) is 16.8. The third kappa shape index (κ3) is 5.78. The Balaban J connectivity index is 1.67. The second-order valence-electron chi connectivity index (χ2n) is 8.49. The fraction of sp³-hybridized carbons (Fsp3) is 0.138. The Hall–Kier alpha value is -3.90. The van der Waals surface area contributed by atoms with Gasteiger partial charge in [-0.05, 0) is 49.2 Å². The van der Waals surface area contributed by atoms with Gasteiger partial charge in [-0.25, -0.2) is 8.42 Å². The van der Waals surface area contributed by atoms with Crippen molar-refractivity contribution in [1.82, 2.24) is 5.32 Å². The van der Waals surface area contributed by atoms with E-state index in [1.165, 1.54) is 0 Å². The Bertz CT molecular complexity index is 1390. The van der Waals surface area contributed by atoms with Crippen molar-refractivity contribution in [3.63, 3.8) is 0 Å². The molecule has 4 aromatic carbocycles. The van der Waals surface area contributed by atoms with E-state index in [-0.39, 0.29) is 11.4 Å². The largest absolute Gasteiger partial charge is 0.344 e. The van der Waals surface area contributed by atoms with E-state index in [0.717, 1.165) is 26.6 Å². The summed E-state index contributed by atoms with van der Waals surface area (Å²) in [5.74, 6) is -0.403. The van der Waals surface area contributed by atoms with E-state index in [2.05, 4.69) is 5.32 Å². The topological polar surface area (TPSA) is 66.5 Å². The van der Waals surface area contributed by atoms with Crippen molar-refractivity contribution in [1.29, 1.82) is 0 Å². The van der Waals surface area contributed by atoms with Crippen LogP contribution in [0.3, 0.4) is 0 Å². The molecule has 1 amide bonds. The lowest BCUT2D eigenvalue weighted by Crippen LogP contribution is -2.42. The molecule has 0 saturated heterocycles. The van der Waals surface area contributed by atoms with Gasteiger partial charge in [0, 0.05) is 0 Å². The lowest BCUT2D eigenvalue weighted by atomic mass is 9.97. The molecule has 4 rings (SSSR count). The summed E-state index contributed by atoms with van der Waals surface area (Å²) in [7, 11) is -3.97. The second-order valence-corrected chi connectivity index (χ2v) is 10.3. The number of hydrogen-bond acceptors (Lipinski definition) is 3. The van der Waals surface area contributed by atoms with Crippen molar-refractivity contribution < 1.29 is 13.2 Å². The highest BCUT2D eigenvalue weighted by Crippen LogP contribution is 2.26.